The van der Waals surface area contributed by atoms with E-state index in [4.69, 9.17) is 21.9 Å². The molecule has 2 aliphatic rings. The number of ether oxygens (including phenoxy) is 1. The predicted octanol–water partition coefficient (Wildman–Crippen LogP) is 3.72. The highest BCUT2D eigenvalue weighted by Crippen LogP contribution is 2.50. The van der Waals surface area contributed by atoms with Crippen LogP contribution in [0.25, 0.3) is 10.1 Å². The van der Waals surface area contributed by atoms with E-state index in [0.29, 0.717) is 74.8 Å². The summed E-state index contributed by atoms with van der Waals surface area (Å²) in [6.07, 6.45) is 1.41. The van der Waals surface area contributed by atoms with Crippen LogP contribution in [0.1, 0.15) is 57.7 Å². The van der Waals surface area contributed by atoms with Gasteiger partial charge in [-0.2, -0.15) is 0 Å². The Morgan fingerprint density at radius 3 is 2.58 bits per heavy atom. The number of hydrogen-bond donors (Lipinski definition) is 5. The maximum absolute atomic E-state index is 14.2. The molecule has 2 unspecified atom stereocenters. The number of rotatable bonds is 7. The van der Waals surface area contributed by atoms with Gasteiger partial charge in [0.25, 0.3) is 5.91 Å². The third-order valence-electron chi connectivity index (χ3n) is 8.88. The molecule has 11 heteroatoms. The summed E-state index contributed by atoms with van der Waals surface area (Å²) >= 11 is 1.19. The molecule has 3 aromatic carbocycles. The number of aliphatic hydroxyl groups is 1. The molecule has 2 amide bonds. The fourth-order valence-electron chi connectivity index (χ4n) is 6.53. The number of carbonyl (C=O) groups is 3. The van der Waals surface area contributed by atoms with Gasteiger partial charge in [0.15, 0.2) is 5.78 Å². The molecule has 0 radical (unpaired) electrons. The van der Waals surface area contributed by atoms with Crippen LogP contribution in [0.4, 0.5) is 5.69 Å². The van der Waals surface area contributed by atoms with Crippen molar-refractivity contribution in [3.8, 4) is 11.5 Å². The van der Waals surface area contributed by atoms with Crippen LogP contribution in [0, 0.1) is 12.8 Å². The van der Waals surface area contributed by atoms with E-state index in [1.807, 2.05) is 43.3 Å². The molecule has 0 saturated carbocycles. The van der Waals surface area contributed by atoms with E-state index in [1.54, 1.807) is 36.1 Å². The van der Waals surface area contributed by atoms with Crippen molar-refractivity contribution < 1.29 is 24.2 Å². The zero-order chi connectivity index (χ0) is 32.0. The first kappa shape index (κ1) is 30.7. The quantitative estimate of drug-likeness (QED) is 0.193. The first-order valence-corrected chi connectivity index (χ1v) is 15.8. The molecule has 8 N–H and O–H groups in total. The number of likely N-dealkylation sites (tertiary alicyclic amines) is 1. The Labute approximate surface area is 265 Å². The second kappa shape index (κ2) is 11.9. The zero-order valence-corrected chi connectivity index (χ0v) is 26.0. The van der Waals surface area contributed by atoms with E-state index in [0.717, 1.165) is 5.56 Å². The number of nitrogen functional groups attached to an aromatic ring is 1. The van der Waals surface area contributed by atoms with Gasteiger partial charge in [-0.05, 0) is 66.8 Å². The molecule has 10 nitrogen and oxygen atoms in total. The van der Waals surface area contributed by atoms with Crippen LogP contribution >= 0.6 is 11.3 Å². The van der Waals surface area contributed by atoms with Crippen molar-refractivity contribution in [3.05, 3.63) is 87.8 Å². The number of piperidine rings is 1. The third-order valence-corrected chi connectivity index (χ3v) is 10.1. The number of ketones is 1. The van der Waals surface area contributed by atoms with Crippen LogP contribution in [0.2, 0.25) is 0 Å². The summed E-state index contributed by atoms with van der Waals surface area (Å²) < 4.78 is 6.64. The monoisotopic (exact) mass is 627 g/mol. The standard InChI is InChI=1S/C34H37N5O5S/c1-18-15-22(44-21-8-4-3-5-9-21)10-11-23(18)34(37)24-12-13-25(35)29-26(24)27(28(36)31(34)41)30(45-29)32(42)38-20-7-6-14-39(16-20)33(43)19(2)17-40/h3-5,8-13,15,19-20,28,40H,6-7,14,16-17,35-37H2,1-2H3,(H,38,42)/t19-,20+,28?,34?/m0/s1. The molecule has 45 heavy (non-hydrogen) atoms. The Morgan fingerprint density at radius 2 is 1.87 bits per heavy atom. The first-order valence-electron chi connectivity index (χ1n) is 15.0. The average molecular weight is 628 g/mol. The summed E-state index contributed by atoms with van der Waals surface area (Å²) in [5.74, 6) is -0.176. The summed E-state index contributed by atoms with van der Waals surface area (Å²) in [4.78, 5) is 42.7. The van der Waals surface area contributed by atoms with E-state index >= 15 is 0 Å². The fraction of sp³-hybridized carbons (Fsp3) is 0.324. The zero-order valence-electron chi connectivity index (χ0n) is 25.2. The number of aliphatic hydroxyl groups excluding tert-OH is 1. The number of Topliss-reactive ketones (excluding diaryl/α,β-unsaturated/α-hetero) is 1. The van der Waals surface area contributed by atoms with Gasteiger partial charge in [0, 0.05) is 35.8 Å². The van der Waals surface area contributed by atoms with Gasteiger partial charge in [-0.25, -0.2) is 0 Å². The second-order valence-corrected chi connectivity index (χ2v) is 13.0. The molecule has 1 saturated heterocycles. The molecule has 234 valence electrons. The summed E-state index contributed by atoms with van der Waals surface area (Å²) in [7, 11) is 0. The molecule has 1 aliphatic carbocycles. The van der Waals surface area contributed by atoms with E-state index in [9.17, 15) is 19.5 Å². The van der Waals surface area contributed by atoms with Gasteiger partial charge in [-0.15, -0.1) is 11.3 Å². The van der Waals surface area contributed by atoms with Crippen LogP contribution in [0.15, 0.2) is 60.7 Å². The number of carbonyl (C=O) groups excluding carboxylic acids is 3. The van der Waals surface area contributed by atoms with E-state index in [2.05, 4.69) is 5.32 Å². The Kier molecular flexibility index (Phi) is 8.13. The van der Waals surface area contributed by atoms with Crippen molar-refractivity contribution in [3.63, 3.8) is 0 Å². The summed E-state index contributed by atoms with van der Waals surface area (Å²) in [5, 5.41) is 13.1. The second-order valence-electron chi connectivity index (χ2n) is 12.0. The number of nitrogens with one attached hydrogen (secondary N) is 1. The number of aryl methyl sites for hydroxylation is 1. The molecule has 1 aromatic heterocycles. The molecule has 6 rings (SSSR count). The van der Waals surface area contributed by atoms with Crippen molar-refractivity contribution in [2.45, 2.75) is 44.3 Å². The Hall–Kier alpha value is -4.29. The van der Waals surface area contributed by atoms with E-state index in [1.165, 1.54) is 11.3 Å². The number of anilines is 1. The lowest BCUT2D eigenvalue weighted by Gasteiger charge is -2.37. The van der Waals surface area contributed by atoms with Crippen LogP contribution in [0.5, 0.6) is 11.5 Å². The Morgan fingerprint density at radius 1 is 1.13 bits per heavy atom. The number of para-hydroxylation sites is 1. The highest BCUT2D eigenvalue weighted by Gasteiger charge is 2.49. The topological polar surface area (TPSA) is 174 Å². The van der Waals surface area contributed by atoms with Crippen LogP contribution < -0.4 is 27.3 Å². The van der Waals surface area contributed by atoms with E-state index in [-0.39, 0.29) is 24.5 Å². The van der Waals surface area contributed by atoms with Gasteiger partial charge in [0.2, 0.25) is 5.91 Å². The van der Waals surface area contributed by atoms with Crippen LogP contribution in [0.3, 0.4) is 0 Å². The molecular weight excluding hydrogens is 590 g/mol. The SMILES string of the molecule is Cc1cc(Oc2ccccc2)ccc1C1(N)C(=O)C(N)c2c(C(=O)N[C@@H]3CCCN(C(=O)[C@@H](C)CO)C3)sc3c(N)ccc1c23. The predicted molar refractivity (Wildman–Crippen MR) is 174 cm³/mol. The van der Waals surface area contributed by atoms with Crippen molar-refractivity contribution in [2.75, 3.05) is 25.4 Å². The van der Waals surface area contributed by atoms with Crippen molar-refractivity contribution in [1.29, 1.82) is 0 Å². The highest BCUT2D eigenvalue weighted by molar-refractivity contribution is 7.21. The minimum absolute atomic E-state index is 0.146. The average Bonchev–Trinajstić information content (AvgIpc) is 3.45. The molecule has 0 bridgehead atoms. The van der Waals surface area contributed by atoms with Gasteiger partial charge in [-0.3, -0.25) is 14.4 Å². The molecule has 4 atom stereocenters. The number of nitrogens with two attached hydrogens (primary N) is 3. The van der Waals surface area contributed by atoms with Gasteiger partial charge in [0.05, 0.1) is 28.1 Å². The number of thiophene rings is 1. The highest BCUT2D eigenvalue weighted by atomic mass is 32.1. The Bertz CT molecular complexity index is 1810. The maximum atomic E-state index is 14.2. The van der Waals surface area contributed by atoms with Crippen molar-refractivity contribution >= 4 is 44.7 Å². The maximum Gasteiger partial charge on any atom is 0.262 e. The number of amides is 2. The van der Waals surface area contributed by atoms with Gasteiger partial charge >= 0.3 is 0 Å². The minimum Gasteiger partial charge on any atom is -0.457 e. The smallest absolute Gasteiger partial charge is 0.262 e. The van der Waals surface area contributed by atoms with Gasteiger partial charge < -0.3 is 37.3 Å². The van der Waals surface area contributed by atoms with Crippen LogP contribution in [-0.2, 0) is 15.1 Å². The number of hydrogen-bond acceptors (Lipinski definition) is 9. The van der Waals surface area contributed by atoms with E-state index < -0.39 is 23.3 Å². The van der Waals surface area contributed by atoms with Gasteiger partial charge in [0.1, 0.15) is 17.0 Å². The van der Waals surface area contributed by atoms with Crippen molar-refractivity contribution in [2.24, 2.45) is 17.4 Å². The lowest BCUT2D eigenvalue weighted by atomic mass is 9.69. The molecule has 2 heterocycles. The van der Waals surface area contributed by atoms with Crippen LogP contribution in [-0.4, -0.2) is 53.3 Å². The molecular formula is C34H37N5O5S. The summed E-state index contributed by atoms with van der Waals surface area (Å²) in [6, 6.07) is 16.8. The van der Waals surface area contributed by atoms with Gasteiger partial charge in [-0.1, -0.05) is 37.3 Å². The third kappa shape index (κ3) is 5.25. The minimum atomic E-state index is -1.59. The largest absolute Gasteiger partial charge is 0.457 e. The normalized spacial score (nSPS) is 21.9. The lowest BCUT2D eigenvalue weighted by molar-refractivity contribution is -0.137. The summed E-state index contributed by atoms with van der Waals surface area (Å²) in [6.45, 7) is 4.22. The Balaban J connectivity index is 1.36. The molecule has 4 aromatic rings. The molecule has 1 aliphatic heterocycles. The lowest BCUT2D eigenvalue weighted by Crippen LogP contribution is -2.53. The first-order chi connectivity index (χ1) is 21.5. The fourth-order valence-corrected chi connectivity index (χ4v) is 7.73. The number of nitrogens with zero attached hydrogens (tertiary/aromatic N) is 1. The number of benzene rings is 3. The molecule has 0 spiro atoms. The molecule has 1 fully saturated rings. The van der Waals surface area contributed by atoms with Crippen molar-refractivity contribution in [1.82, 2.24) is 10.2 Å². The summed E-state index contributed by atoms with van der Waals surface area (Å²) in [5.41, 5.74) is 21.3.